The van der Waals surface area contributed by atoms with Crippen LogP contribution in [-0.2, 0) is 16.0 Å². The third kappa shape index (κ3) is 10.3. The topological polar surface area (TPSA) is 116 Å². The standard InChI is InChI=1S/C30H45F2N3O5/c1-18(2)21(12-20-8-9-27(39-6)28(13-20)40-11-7-10-38-5)14-25(33)26(36)16-23(19(3)4)30(37)35-29-24(32)15-22(31)17-34-29/h8-9,13,15,17-19,21,23,25-26,36H,7,10-12,14,16,33H2,1-6H3,(H,34,35,37)/t21-,23-,25-,26-/m0/s1. The lowest BCUT2D eigenvalue weighted by molar-refractivity contribution is -0.122. The second kappa shape index (κ2) is 16.4. The van der Waals surface area contributed by atoms with Crippen LogP contribution in [0.2, 0.25) is 0 Å². The fraction of sp³-hybridized carbons (Fsp3) is 0.600. The van der Waals surface area contributed by atoms with E-state index in [1.165, 1.54) is 0 Å². The Bertz CT molecular complexity index is 1070. The van der Waals surface area contributed by atoms with Crippen LogP contribution in [0.25, 0.3) is 0 Å². The minimum atomic E-state index is -0.963. The first kappa shape index (κ1) is 33.4. The smallest absolute Gasteiger partial charge is 0.229 e. The molecule has 40 heavy (non-hydrogen) atoms. The Morgan fingerprint density at radius 2 is 1.77 bits per heavy atom. The maximum Gasteiger partial charge on any atom is 0.229 e. The molecule has 224 valence electrons. The molecule has 0 bridgehead atoms. The number of methoxy groups -OCH3 is 2. The lowest BCUT2D eigenvalue weighted by Gasteiger charge is -2.30. The third-order valence-electron chi connectivity index (χ3n) is 7.17. The van der Waals surface area contributed by atoms with E-state index >= 15 is 0 Å². The van der Waals surface area contributed by atoms with Gasteiger partial charge in [-0.25, -0.2) is 13.8 Å². The Morgan fingerprint density at radius 1 is 1.05 bits per heavy atom. The van der Waals surface area contributed by atoms with Gasteiger partial charge in [0.2, 0.25) is 5.91 Å². The van der Waals surface area contributed by atoms with Gasteiger partial charge in [-0.2, -0.15) is 0 Å². The fourth-order valence-electron chi connectivity index (χ4n) is 4.58. The molecule has 0 aliphatic rings. The summed E-state index contributed by atoms with van der Waals surface area (Å²) in [6.07, 6.45) is 1.99. The monoisotopic (exact) mass is 565 g/mol. The summed E-state index contributed by atoms with van der Waals surface area (Å²) in [6, 6.07) is 5.94. The number of hydrogen-bond donors (Lipinski definition) is 3. The molecule has 8 nitrogen and oxygen atoms in total. The zero-order chi connectivity index (χ0) is 29.8. The molecular formula is C30H45F2N3O5. The Hall–Kier alpha value is -2.82. The van der Waals surface area contributed by atoms with E-state index in [1.54, 1.807) is 14.2 Å². The first-order chi connectivity index (χ1) is 19.0. The number of aliphatic hydroxyl groups excluding tert-OH is 1. The van der Waals surface area contributed by atoms with Gasteiger partial charge in [0.15, 0.2) is 23.1 Å². The number of nitrogens with one attached hydrogen (secondary N) is 1. The molecule has 0 aliphatic carbocycles. The van der Waals surface area contributed by atoms with E-state index in [1.807, 2.05) is 32.0 Å². The molecule has 0 fully saturated rings. The van der Waals surface area contributed by atoms with Crippen molar-refractivity contribution < 1.29 is 32.9 Å². The Labute approximate surface area is 236 Å². The van der Waals surface area contributed by atoms with Crippen LogP contribution in [0, 0.1) is 35.3 Å². The highest BCUT2D eigenvalue weighted by Gasteiger charge is 2.30. The van der Waals surface area contributed by atoms with Crippen molar-refractivity contribution >= 4 is 11.7 Å². The molecule has 10 heteroatoms. The van der Waals surface area contributed by atoms with Crippen molar-refractivity contribution in [3.63, 3.8) is 0 Å². The van der Waals surface area contributed by atoms with Gasteiger partial charge in [-0.05, 0) is 54.7 Å². The zero-order valence-electron chi connectivity index (χ0n) is 24.5. The van der Waals surface area contributed by atoms with E-state index in [0.717, 1.165) is 24.6 Å². The van der Waals surface area contributed by atoms with Gasteiger partial charge in [-0.1, -0.05) is 33.8 Å². The highest BCUT2D eigenvalue weighted by molar-refractivity contribution is 5.91. The number of aromatic nitrogens is 1. The fourth-order valence-corrected chi connectivity index (χ4v) is 4.58. The van der Waals surface area contributed by atoms with Gasteiger partial charge in [0, 0.05) is 38.2 Å². The summed E-state index contributed by atoms with van der Waals surface area (Å²) >= 11 is 0. The first-order valence-electron chi connectivity index (χ1n) is 13.8. The van der Waals surface area contributed by atoms with Crippen molar-refractivity contribution in [3.8, 4) is 11.5 Å². The van der Waals surface area contributed by atoms with Crippen molar-refractivity contribution in [3.05, 3.63) is 47.7 Å². The SMILES string of the molecule is COCCCOc1cc(C[C@@H](C[C@H](N)[C@@H](O)C[C@H](C(=O)Nc2ncc(F)cc2F)C(C)C)C(C)C)ccc1OC. The van der Waals surface area contributed by atoms with Crippen molar-refractivity contribution in [1.82, 2.24) is 4.98 Å². The van der Waals surface area contributed by atoms with E-state index in [4.69, 9.17) is 19.9 Å². The number of ether oxygens (including phenoxy) is 3. The van der Waals surface area contributed by atoms with E-state index in [2.05, 4.69) is 24.1 Å². The lowest BCUT2D eigenvalue weighted by Crippen LogP contribution is -2.41. The van der Waals surface area contributed by atoms with Crippen LogP contribution in [0.5, 0.6) is 11.5 Å². The van der Waals surface area contributed by atoms with E-state index in [-0.39, 0.29) is 30.0 Å². The summed E-state index contributed by atoms with van der Waals surface area (Å²) < 4.78 is 43.7. The predicted molar refractivity (Wildman–Crippen MR) is 151 cm³/mol. The number of benzene rings is 1. The summed E-state index contributed by atoms with van der Waals surface area (Å²) in [4.78, 5) is 16.5. The number of anilines is 1. The van der Waals surface area contributed by atoms with E-state index in [9.17, 15) is 18.7 Å². The maximum absolute atomic E-state index is 14.0. The number of rotatable bonds is 17. The largest absolute Gasteiger partial charge is 0.493 e. The van der Waals surface area contributed by atoms with Gasteiger partial charge in [-0.15, -0.1) is 0 Å². The molecule has 4 N–H and O–H groups in total. The summed E-state index contributed by atoms with van der Waals surface area (Å²) in [5.74, 6) is -1.70. The minimum Gasteiger partial charge on any atom is -0.493 e. The van der Waals surface area contributed by atoms with Crippen molar-refractivity contribution in [2.45, 2.75) is 65.5 Å². The second-order valence-corrected chi connectivity index (χ2v) is 10.9. The first-order valence-corrected chi connectivity index (χ1v) is 13.8. The van der Waals surface area contributed by atoms with Gasteiger partial charge in [-0.3, -0.25) is 4.79 Å². The minimum absolute atomic E-state index is 0.0975. The summed E-state index contributed by atoms with van der Waals surface area (Å²) in [7, 11) is 3.25. The lowest BCUT2D eigenvalue weighted by atomic mass is 9.81. The number of carbonyl (C=O) groups is 1. The molecule has 1 amide bonds. The van der Waals surface area contributed by atoms with Gasteiger partial charge < -0.3 is 30.4 Å². The molecule has 1 heterocycles. The molecule has 0 unspecified atom stereocenters. The van der Waals surface area contributed by atoms with Crippen LogP contribution in [0.15, 0.2) is 30.5 Å². The van der Waals surface area contributed by atoms with Gasteiger partial charge in [0.25, 0.3) is 0 Å². The van der Waals surface area contributed by atoms with Crippen LogP contribution >= 0.6 is 0 Å². The molecule has 0 radical (unpaired) electrons. The summed E-state index contributed by atoms with van der Waals surface area (Å²) in [5.41, 5.74) is 7.53. The van der Waals surface area contributed by atoms with Crippen LogP contribution in [-0.4, -0.2) is 55.6 Å². The van der Waals surface area contributed by atoms with Crippen molar-refractivity contribution in [2.75, 3.05) is 32.8 Å². The van der Waals surface area contributed by atoms with Crippen LogP contribution in [0.4, 0.5) is 14.6 Å². The number of nitrogens with two attached hydrogens (primary N) is 1. The number of aliphatic hydroxyl groups is 1. The van der Waals surface area contributed by atoms with Gasteiger partial charge in [0.05, 0.1) is 26.0 Å². The average molecular weight is 566 g/mol. The number of nitrogens with zero attached hydrogens (tertiary/aromatic N) is 1. The summed E-state index contributed by atoms with van der Waals surface area (Å²) in [6.45, 7) is 9.02. The third-order valence-corrected chi connectivity index (χ3v) is 7.17. The normalized spacial score (nSPS) is 14.6. The Balaban J connectivity index is 2.06. The van der Waals surface area contributed by atoms with E-state index < -0.39 is 35.6 Å². The predicted octanol–water partition coefficient (Wildman–Crippen LogP) is 4.98. The highest BCUT2D eigenvalue weighted by atomic mass is 19.1. The number of carbonyl (C=O) groups excluding carboxylic acids is 1. The van der Waals surface area contributed by atoms with Gasteiger partial charge in [0.1, 0.15) is 5.82 Å². The van der Waals surface area contributed by atoms with Crippen LogP contribution in [0.1, 0.15) is 52.5 Å². The maximum atomic E-state index is 14.0. The molecule has 0 saturated heterocycles. The van der Waals surface area contributed by atoms with E-state index in [0.29, 0.717) is 37.2 Å². The summed E-state index contributed by atoms with van der Waals surface area (Å²) in [5, 5.41) is 13.4. The molecular weight excluding hydrogens is 520 g/mol. The highest BCUT2D eigenvalue weighted by Crippen LogP contribution is 2.32. The Morgan fingerprint density at radius 3 is 2.38 bits per heavy atom. The molecule has 0 saturated carbocycles. The quantitative estimate of drug-likeness (QED) is 0.232. The number of amides is 1. The van der Waals surface area contributed by atoms with Crippen molar-refractivity contribution in [2.24, 2.45) is 29.4 Å². The van der Waals surface area contributed by atoms with Gasteiger partial charge >= 0.3 is 0 Å². The molecule has 4 atom stereocenters. The molecule has 0 spiro atoms. The molecule has 1 aromatic heterocycles. The number of halogens is 2. The average Bonchev–Trinajstić information content (AvgIpc) is 2.90. The number of hydrogen-bond acceptors (Lipinski definition) is 7. The zero-order valence-corrected chi connectivity index (χ0v) is 24.5. The molecule has 1 aromatic carbocycles. The van der Waals surface area contributed by atoms with Crippen LogP contribution in [0.3, 0.4) is 0 Å². The Kier molecular flexibility index (Phi) is 13.7. The van der Waals surface area contributed by atoms with Crippen molar-refractivity contribution in [1.29, 1.82) is 0 Å². The molecule has 0 aliphatic heterocycles. The molecule has 2 aromatic rings. The number of pyridine rings is 1. The second-order valence-electron chi connectivity index (χ2n) is 10.9. The molecule has 2 rings (SSSR count). The van der Waals surface area contributed by atoms with Crippen LogP contribution < -0.4 is 20.5 Å².